The van der Waals surface area contributed by atoms with Gasteiger partial charge < -0.3 is 10.6 Å². The highest BCUT2D eigenvalue weighted by molar-refractivity contribution is 7.97. The molecule has 1 aliphatic heterocycles. The van der Waals surface area contributed by atoms with Gasteiger partial charge in [-0.25, -0.2) is 0 Å². The Balaban J connectivity index is 1.89. The maximum atomic E-state index is 12.0. The molecule has 0 radical (unpaired) electrons. The molecular weight excluding hydrogens is 244 g/mol. The third-order valence-corrected chi connectivity index (χ3v) is 3.78. The minimum Gasteiger partial charge on any atom is -0.325 e. The summed E-state index contributed by atoms with van der Waals surface area (Å²) in [4.78, 5) is 12.0. The Hall–Kier alpha value is -1.00. The van der Waals surface area contributed by atoms with E-state index in [0.29, 0.717) is 0 Å². The fourth-order valence-corrected chi connectivity index (χ4v) is 2.68. The van der Waals surface area contributed by atoms with Gasteiger partial charge >= 0.3 is 0 Å². The van der Waals surface area contributed by atoms with Gasteiger partial charge in [-0.3, -0.25) is 4.79 Å². The molecular formula is C14H20N2OS. The average Bonchev–Trinajstić information content (AvgIpc) is 2.42. The summed E-state index contributed by atoms with van der Waals surface area (Å²) in [6.45, 7) is 0.949. The molecule has 0 aliphatic carbocycles. The number of hydrogen-bond donors (Lipinski definition) is 2. The van der Waals surface area contributed by atoms with E-state index in [9.17, 15) is 4.79 Å². The predicted octanol–water partition coefficient (Wildman–Crippen LogP) is 2.63. The number of carbonyl (C=O) groups excluding carboxylic acids is 1. The van der Waals surface area contributed by atoms with Gasteiger partial charge in [-0.15, -0.1) is 0 Å². The first kappa shape index (κ1) is 13.4. The third kappa shape index (κ3) is 3.75. The second-order valence-electron chi connectivity index (χ2n) is 4.62. The van der Waals surface area contributed by atoms with Gasteiger partial charge in [0.2, 0.25) is 5.91 Å². The average molecular weight is 264 g/mol. The monoisotopic (exact) mass is 264 g/mol. The topological polar surface area (TPSA) is 41.1 Å². The van der Waals surface area contributed by atoms with Crippen molar-refractivity contribution in [2.45, 2.75) is 31.1 Å². The molecule has 0 aromatic heterocycles. The minimum absolute atomic E-state index is 0.0235. The lowest BCUT2D eigenvalue weighted by molar-refractivity contribution is -0.118. The quantitative estimate of drug-likeness (QED) is 0.878. The first-order valence-corrected chi connectivity index (χ1v) is 7.81. The van der Waals surface area contributed by atoms with E-state index in [1.807, 2.05) is 12.1 Å². The first-order chi connectivity index (χ1) is 8.79. The molecule has 0 saturated carbocycles. The van der Waals surface area contributed by atoms with Crippen LogP contribution in [0.15, 0.2) is 24.3 Å². The van der Waals surface area contributed by atoms with Crippen molar-refractivity contribution in [2.24, 2.45) is 0 Å². The molecule has 1 saturated heterocycles. The van der Waals surface area contributed by atoms with Crippen LogP contribution in [0.25, 0.3) is 0 Å². The van der Waals surface area contributed by atoms with E-state index in [4.69, 9.17) is 0 Å². The molecule has 2 N–H and O–H groups in total. The summed E-state index contributed by atoms with van der Waals surface area (Å²) < 4.78 is 0. The fraction of sp³-hybridized carbons (Fsp3) is 0.500. The summed E-state index contributed by atoms with van der Waals surface area (Å²) >= 11 is 1.80. The molecule has 1 amide bonds. The van der Waals surface area contributed by atoms with Gasteiger partial charge in [0.05, 0.1) is 6.04 Å². The van der Waals surface area contributed by atoms with Crippen molar-refractivity contribution in [3.63, 3.8) is 0 Å². The van der Waals surface area contributed by atoms with Gasteiger partial charge in [-0.05, 0) is 43.3 Å². The van der Waals surface area contributed by atoms with Crippen LogP contribution in [0.2, 0.25) is 0 Å². The van der Waals surface area contributed by atoms with E-state index in [-0.39, 0.29) is 11.9 Å². The molecule has 1 aromatic carbocycles. The summed E-state index contributed by atoms with van der Waals surface area (Å²) in [6, 6.07) is 8.07. The lowest BCUT2D eigenvalue weighted by atomic mass is 10.0. The van der Waals surface area contributed by atoms with Gasteiger partial charge in [0.25, 0.3) is 0 Å². The zero-order chi connectivity index (χ0) is 12.8. The van der Waals surface area contributed by atoms with Crippen LogP contribution >= 0.6 is 11.8 Å². The maximum absolute atomic E-state index is 12.0. The molecule has 1 fully saturated rings. The van der Waals surface area contributed by atoms with E-state index in [1.54, 1.807) is 11.8 Å². The number of thioether (sulfide) groups is 1. The third-order valence-electron chi connectivity index (χ3n) is 3.16. The van der Waals surface area contributed by atoms with Gasteiger partial charge in [-0.1, -0.05) is 18.6 Å². The van der Waals surface area contributed by atoms with E-state index < -0.39 is 0 Å². The summed E-state index contributed by atoms with van der Waals surface area (Å²) in [7, 11) is 0. The molecule has 1 aliphatic rings. The maximum Gasteiger partial charge on any atom is 0.241 e. The van der Waals surface area contributed by atoms with Crippen molar-refractivity contribution in [2.75, 3.05) is 18.1 Å². The Bertz CT molecular complexity index is 385. The van der Waals surface area contributed by atoms with Crippen LogP contribution in [0.5, 0.6) is 0 Å². The molecule has 98 valence electrons. The van der Waals surface area contributed by atoms with Crippen LogP contribution in [-0.4, -0.2) is 24.7 Å². The van der Waals surface area contributed by atoms with Crippen molar-refractivity contribution in [1.82, 2.24) is 5.32 Å². The summed E-state index contributed by atoms with van der Waals surface area (Å²) in [6.07, 6.45) is 5.34. The van der Waals surface area contributed by atoms with Crippen molar-refractivity contribution >= 4 is 23.4 Å². The fourth-order valence-electron chi connectivity index (χ4n) is 2.16. The number of rotatable bonds is 4. The Kier molecular flexibility index (Phi) is 5.08. The number of nitrogens with one attached hydrogen (secondary N) is 2. The van der Waals surface area contributed by atoms with E-state index >= 15 is 0 Å². The van der Waals surface area contributed by atoms with E-state index in [0.717, 1.165) is 30.8 Å². The van der Waals surface area contributed by atoms with Crippen LogP contribution in [-0.2, 0) is 10.5 Å². The Morgan fingerprint density at radius 2 is 2.17 bits per heavy atom. The smallest absolute Gasteiger partial charge is 0.241 e. The molecule has 1 heterocycles. The molecule has 1 aromatic rings. The van der Waals surface area contributed by atoms with Crippen LogP contribution in [0, 0.1) is 0 Å². The molecule has 1 unspecified atom stereocenters. The molecule has 1 atom stereocenters. The van der Waals surface area contributed by atoms with Crippen molar-refractivity contribution < 1.29 is 4.79 Å². The Morgan fingerprint density at radius 1 is 1.39 bits per heavy atom. The van der Waals surface area contributed by atoms with E-state index in [2.05, 4.69) is 29.0 Å². The second kappa shape index (κ2) is 6.81. The van der Waals surface area contributed by atoms with E-state index in [1.165, 1.54) is 12.0 Å². The number of carbonyl (C=O) groups is 1. The number of anilines is 1. The minimum atomic E-state index is -0.0235. The second-order valence-corrected chi connectivity index (χ2v) is 5.49. The standard InChI is InChI=1S/C14H20N2OS/c1-18-10-11-5-7-12(8-6-11)16-14(17)13-4-2-3-9-15-13/h5-8,13,15H,2-4,9-10H2,1H3,(H,16,17). The van der Waals surface area contributed by atoms with Gasteiger partial charge in [0.1, 0.15) is 0 Å². The highest BCUT2D eigenvalue weighted by atomic mass is 32.2. The molecule has 0 spiro atoms. The van der Waals surface area contributed by atoms with Crippen LogP contribution < -0.4 is 10.6 Å². The van der Waals surface area contributed by atoms with Crippen molar-refractivity contribution in [3.8, 4) is 0 Å². The van der Waals surface area contributed by atoms with Crippen LogP contribution in [0.4, 0.5) is 5.69 Å². The van der Waals surface area contributed by atoms with Crippen molar-refractivity contribution in [1.29, 1.82) is 0 Å². The largest absolute Gasteiger partial charge is 0.325 e. The number of amides is 1. The molecule has 0 bridgehead atoms. The van der Waals surface area contributed by atoms with Crippen LogP contribution in [0.3, 0.4) is 0 Å². The first-order valence-electron chi connectivity index (χ1n) is 6.42. The number of hydrogen-bond acceptors (Lipinski definition) is 3. The molecule has 4 heteroatoms. The summed E-state index contributed by atoms with van der Waals surface area (Å²) in [5, 5.41) is 6.23. The molecule has 2 rings (SSSR count). The molecule has 18 heavy (non-hydrogen) atoms. The van der Waals surface area contributed by atoms with Gasteiger partial charge in [0, 0.05) is 11.4 Å². The number of benzene rings is 1. The summed E-state index contributed by atoms with van der Waals surface area (Å²) in [5.74, 6) is 1.10. The highest BCUT2D eigenvalue weighted by Gasteiger charge is 2.20. The van der Waals surface area contributed by atoms with Crippen LogP contribution in [0.1, 0.15) is 24.8 Å². The van der Waals surface area contributed by atoms with Gasteiger partial charge in [-0.2, -0.15) is 11.8 Å². The van der Waals surface area contributed by atoms with Crippen molar-refractivity contribution in [3.05, 3.63) is 29.8 Å². The normalized spacial score (nSPS) is 19.5. The SMILES string of the molecule is CSCc1ccc(NC(=O)C2CCCCN2)cc1. The molecule has 3 nitrogen and oxygen atoms in total. The zero-order valence-corrected chi connectivity index (χ0v) is 11.6. The highest BCUT2D eigenvalue weighted by Crippen LogP contribution is 2.15. The lowest BCUT2D eigenvalue weighted by Gasteiger charge is -2.22. The summed E-state index contributed by atoms with van der Waals surface area (Å²) in [5.41, 5.74) is 2.17. The van der Waals surface area contributed by atoms with Gasteiger partial charge in [0.15, 0.2) is 0 Å². The number of piperidine rings is 1. The predicted molar refractivity (Wildman–Crippen MR) is 77.9 cm³/mol. The Labute approximate surface area is 113 Å². The Morgan fingerprint density at radius 3 is 2.78 bits per heavy atom. The lowest BCUT2D eigenvalue weighted by Crippen LogP contribution is -2.43. The zero-order valence-electron chi connectivity index (χ0n) is 10.7.